The molecule has 4 rings (SSSR count). The van der Waals surface area contributed by atoms with Gasteiger partial charge < -0.3 is 4.74 Å². The van der Waals surface area contributed by atoms with Crippen molar-refractivity contribution in [2.45, 2.75) is 45.6 Å². The fourth-order valence-electron chi connectivity index (χ4n) is 4.00. The maximum absolute atomic E-state index is 14.1. The Kier molecular flexibility index (Phi) is 3.98. The summed E-state index contributed by atoms with van der Waals surface area (Å²) >= 11 is 0. The summed E-state index contributed by atoms with van der Waals surface area (Å²) in [5.74, 6) is -0.381. The summed E-state index contributed by atoms with van der Waals surface area (Å²) in [6.45, 7) is 5.71. The van der Waals surface area contributed by atoms with Gasteiger partial charge in [0, 0.05) is 5.39 Å². The fourth-order valence-corrected chi connectivity index (χ4v) is 4.00. The highest BCUT2D eigenvalue weighted by Gasteiger charge is 2.29. The van der Waals surface area contributed by atoms with Gasteiger partial charge >= 0.3 is 5.97 Å². The number of benzene rings is 3. The Morgan fingerprint density at radius 2 is 1.69 bits per heavy atom. The molecule has 0 N–H and O–H groups in total. The third kappa shape index (κ3) is 2.96. The highest BCUT2D eigenvalue weighted by Crippen LogP contribution is 2.36. The molecule has 0 saturated carbocycles. The number of carbonyl (C=O) groups excluding carboxylic acids is 1. The van der Waals surface area contributed by atoms with E-state index in [9.17, 15) is 9.18 Å². The number of ether oxygens (including phenoxy) is 1. The molecular formula is C23H23FO2. The summed E-state index contributed by atoms with van der Waals surface area (Å²) in [6.07, 6.45) is 2.35. The van der Waals surface area contributed by atoms with Crippen molar-refractivity contribution in [3.8, 4) is 0 Å². The van der Waals surface area contributed by atoms with E-state index in [0.717, 1.165) is 23.6 Å². The zero-order valence-electron chi connectivity index (χ0n) is 15.4. The summed E-state index contributed by atoms with van der Waals surface area (Å²) in [4.78, 5) is 12.4. The van der Waals surface area contributed by atoms with Crippen molar-refractivity contribution in [2.24, 2.45) is 5.92 Å². The second-order valence-electron chi connectivity index (χ2n) is 8.17. The molecule has 0 heterocycles. The van der Waals surface area contributed by atoms with Crippen LogP contribution in [-0.4, -0.2) is 11.6 Å². The SMILES string of the molecule is CC(C)(C)OC(=O)C1CCc2c(ccc3c2ccc2c(F)cccc23)C1. The van der Waals surface area contributed by atoms with E-state index in [4.69, 9.17) is 4.74 Å². The van der Waals surface area contributed by atoms with Gasteiger partial charge in [-0.25, -0.2) is 4.39 Å². The van der Waals surface area contributed by atoms with Crippen LogP contribution in [0.1, 0.15) is 38.3 Å². The molecule has 3 heteroatoms. The van der Waals surface area contributed by atoms with Crippen LogP contribution >= 0.6 is 0 Å². The first-order valence-corrected chi connectivity index (χ1v) is 9.18. The molecule has 26 heavy (non-hydrogen) atoms. The first kappa shape index (κ1) is 17.0. The van der Waals surface area contributed by atoms with E-state index in [0.29, 0.717) is 11.8 Å². The second kappa shape index (κ2) is 6.08. The van der Waals surface area contributed by atoms with E-state index in [1.165, 1.54) is 22.6 Å². The minimum absolute atomic E-state index is 0.0860. The lowest BCUT2D eigenvalue weighted by Crippen LogP contribution is -2.31. The topological polar surface area (TPSA) is 26.3 Å². The van der Waals surface area contributed by atoms with E-state index in [2.05, 4.69) is 12.1 Å². The van der Waals surface area contributed by atoms with Gasteiger partial charge in [0.1, 0.15) is 11.4 Å². The van der Waals surface area contributed by atoms with Gasteiger partial charge in [-0.15, -0.1) is 0 Å². The highest BCUT2D eigenvalue weighted by molar-refractivity contribution is 6.09. The summed E-state index contributed by atoms with van der Waals surface area (Å²) in [5.41, 5.74) is 2.04. The zero-order chi connectivity index (χ0) is 18.5. The van der Waals surface area contributed by atoms with Crippen LogP contribution in [0.5, 0.6) is 0 Å². The first-order chi connectivity index (χ1) is 12.3. The molecule has 0 radical (unpaired) electrons. The molecule has 2 nitrogen and oxygen atoms in total. The molecule has 0 bridgehead atoms. The van der Waals surface area contributed by atoms with Crippen LogP contribution in [0.25, 0.3) is 21.5 Å². The Morgan fingerprint density at radius 1 is 1.00 bits per heavy atom. The normalized spacial score (nSPS) is 17.3. The van der Waals surface area contributed by atoms with Gasteiger partial charge in [0.15, 0.2) is 0 Å². The van der Waals surface area contributed by atoms with Gasteiger partial charge in [0.25, 0.3) is 0 Å². The quantitative estimate of drug-likeness (QED) is 0.423. The van der Waals surface area contributed by atoms with E-state index < -0.39 is 5.60 Å². The van der Waals surface area contributed by atoms with Crippen molar-refractivity contribution in [3.05, 3.63) is 59.4 Å². The standard InChI is InChI=1S/C23H23FO2/c1-23(2,3)26-22(25)15-8-9-16-14(13-15)7-10-19-17-5-4-6-21(24)20(17)12-11-18(16)19/h4-7,10-12,15H,8-9,13H2,1-3H3. The number of carbonyl (C=O) groups is 1. The number of hydrogen-bond donors (Lipinski definition) is 0. The van der Waals surface area contributed by atoms with Crippen LogP contribution in [0, 0.1) is 11.7 Å². The van der Waals surface area contributed by atoms with E-state index >= 15 is 0 Å². The maximum atomic E-state index is 14.1. The number of halogens is 1. The maximum Gasteiger partial charge on any atom is 0.309 e. The Hall–Kier alpha value is -2.42. The smallest absolute Gasteiger partial charge is 0.309 e. The molecule has 1 unspecified atom stereocenters. The number of rotatable bonds is 1. The summed E-state index contributed by atoms with van der Waals surface area (Å²) < 4.78 is 19.6. The van der Waals surface area contributed by atoms with Gasteiger partial charge in [-0.1, -0.05) is 36.4 Å². The van der Waals surface area contributed by atoms with Crippen molar-refractivity contribution in [2.75, 3.05) is 0 Å². The number of hydrogen-bond acceptors (Lipinski definition) is 2. The van der Waals surface area contributed by atoms with Crippen molar-refractivity contribution < 1.29 is 13.9 Å². The third-order valence-electron chi connectivity index (χ3n) is 5.16. The lowest BCUT2D eigenvalue weighted by Gasteiger charge is -2.28. The van der Waals surface area contributed by atoms with Gasteiger partial charge in [-0.05, 0) is 73.4 Å². The molecule has 0 aromatic heterocycles. The Labute approximate surface area is 153 Å². The molecule has 0 spiro atoms. The van der Waals surface area contributed by atoms with Crippen LogP contribution in [-0.2, 0) is 22.4 Å². The van der Waals surface area contributed by atoms with Gasteiger partial charge in [0.2, 0.25) is 0 Å². The fraction of sp³-hybridized carbons (Fsp3) is 0.348. The van der Waals surface area contributed by atoms with Gasteiger partial charge in [-0.2, -0.15) is 0 Å². The Morgan fingerprint density at radius 3 is 2.46 bits per heavy atom. The van der Waals surface area contributed by atoms with Gasteiger partial charge in [0.05, 0.1) is 5.92 Å². The van der Waals surface area contributed by atoms with Crippen molar-refractivity contribution in [3.63, 3.8) is 0 Å². The first-order valence-electron chi connectivity index (χ1n) is 9.18. The summed E-state index contributed by atoms with van der Waals surface area (Å²) in [5, 5.41) is 3.85. The molecule has 0 amide bonds. The summed E-state index contributed by atoms with van der Waals surface area (Å²) in [6, 6.07) is 13.3. The molecule has 3 aromatic rings. The predicted octanol–water partition coefficient (Wildman–Crippen LogP) is 5.58. The van der Waals surface area contributed by atoms with Crippen molar-refractivity contribution in [1.82, 2.24) is 0 Å². The lowest BCUT2D eigenvalue weighted by atomic mass is 9.81. The van der Waals surface area contributed by atoms with Gasteiger partial charge in [-0.3, -0.25) is 4.79 Å². The molecule has 0 aliphatic heterocycles. The molecule has 1 aliphatic carbocycles. The monoisotopic (exact) mass is 350 g/mol. The Balaban J connectivity index is 1.74. The Bertz CT molecular complexity index is 1010. The van der Waals surface area contributed by atoms with E-state index in [1.807, 2.05) is 39.0 Å². The van der Waals surface area contributed by atoms with Crippen LogP contribution in [0.15, 0.2) is 42.5 Å². The lowest BCUT2D eigenvalue weighted by molar-refractivity contribution is -0.160. The minimum atomic E-state index is -0.455. The van der Waals surface area contributed by atoms with Crippen molar-refractivity contribution >= 4 is 27.5 Å². The number of esters is 1. The second-order valence-corrected chi connectivity index (χ2v) is 8.17. The molecule has 134 valence electrons. The van der Waals surface area contributed by atoms with Crippen LogP contribution in [0.3, 0.4) is 0 Å². The minimum Gasteiger partial charge on any atom is -0.460 e. The van der Waals surface area contributed by atoms with Crippen LogP contribution in [0.2, 0.25) is 0 Å². The predicted molar refractivity (Wildman–Crippen MR) is 103 cm³/mol. The van der Waals surface area contributed by atoms with Crippen LogP contribution < -0.4 is 0 Å². The largest absolute Gasteiger partial charge is 0.460 e. The van der Waals surface area contributed by atoms with E-state index in [1.54, 1.807) is 6.07 Å². The highest BCUT2D eigenvalue weighted by atomic mass is 19.1. The molecule has 3 aromatic carbocycles. The molecule has 0 fully saturated rings. The molecule has 1 aliphatic rings. The van der Waals surface area contributed by atoms with Crippen LogP contribution in [0.4, 0.5) is 4.39 Å². The zero-order valence-corrected chi connectivity index (χ0v) is 15.4. The third-order valence-corrected chi connectivity index (χ3v) is 5.16. The van der Waals surface area contributed by atoms with Crippen molar-refractivity contribution in [1.29, 1.82) is 0 Å². The average Bonchev–Trinajstić information content (AvgIpc) is 2.59. The molecule has 0 saturated heterocycles. The van der Waals surface area contributed by atoms with E-state index in [-0.39, 0.29) is 17.7 Å². The summed E-state index contributed by atoms with van der Waals surface area (Å²) in [7, 11) is 0. The molecule has 1 atom stereocenters. The molecular weight excluding hydrogens is 327 g/mol. The number of fused-ring (bicyclic) bond motifs is 5. The number of aryl methyl sites for hydroxylation is 1. The average molecular weight is 350 g/mol.